The van der Waals surface area contributed by atoms with Crippen LogP contribution in [0, 0.1) is 0 Å². The van der Waals surface area contributed by atoms with Gasteiger partial charge in [0.05, 0.1) is 13.2 Å². The number of nitrogens with one attached hydrogen (secondary N) is 2. The summed E-state index contributed by atoms with van der Waals surface area (Å²) in [5.41, 5.74) is 0. The molecule has 34 heavy (non-hydrogen) atoms. The number of thioether (sulfide) groups is 1. The van der Waals surface area contributed by atoms with Gasteiger partial charge in [-0.25, -0.2) is 0 Å². The van der Waals surface area contributed by atoms with Crippen molar-refractivity contribution in [1.29, 1.82) is 0 Å². The molecule has 0 spiro atoms. The van der Waals surface area contributed by atoms with E-state index >= 15 is 0 Å². The molecule has 2 saturated heterocycles. The van der Waals surface area contributed by atoms with E-state index in [4.69, 9.17) is 14.2 Å². The predicted octanol–water partition coefficient (Wildman–Crippen LogP) is -4.37. The van der Waals surface area contributed by atoms with Crippen LogP contribution in [0.5, 0.6) is 0 Å². The van der Waals surface area contributed by atoms with Crippen molar-refractivity contribution in [1.82, 2.24) is 10.6 Å². The monoisotopic (exact) mass is 512 g/mol. The number of hydrogen-bond acceptors (Lipinski definition) is 13. The van der Waals surface area contributed by atoms with Crippen molar-refractivity contribution < 1.29 is 54.8 Å². The Balaban J connectivity index is 1.81. The lowest BCUT2D eigenvalue weighted by atomic mass is 9.96. The summed E-state index contributed by atoms with van der Waals surface area (Å²) in [7, 11) is 0. The number of ether oxygens (including phenoxy) is 3. The summed E-state index contributed by atoms with van der Waals surface area (Å²) in [5.74, 6) is 1.27. The molecule has 14 heteroatoms. The molecule has 0 aromatic carbocycles. The minimum absolute atomic E-state index is 0.225. The first-order valence-electron chi connectivity index (χ1n) is 11.0. The molecule has 0 bridgehead atoms. The molecule has 0 aliphatic carbocycles. The van der Waals surface area contributed by atoms with Gasteiger partial charge in [-0.15, -0.1) is 0 Å². The number of amides is 1. The van der Waals surface area contributed by atoms with Crippen molar-refractivity contribution in [3.63, 3.8) is 0 Å². The summed E-state index contributed by atoms with van der Waals surface area (Å²) in [5, 5.41) is 75.6. The summed E-state index contributed by atoms with van der Waals surface area (Å²) in [6.07, 6.45) is -12.3. The van der Waals surface area contributed by atoms with E-state index in [1.807, 2.05) is 0 Å². The van der Waals surface area contributed by atoms with Crippen LogP contribution in [0.4, 0.5) is 0 Å². The Hall–Kier alpha value is -0.880. The summed E-state index contributed by atoms with van der Waals surface area (Å²) in [6.45, 7) is 3.09. The molecule has 0 radical (unpaired) electrons. The Kier molecular flexibility index (Phi) is 12.6. The molecule has 2 fully saturated rings. The maximum atomic E-state index is 11.1. The zero-order valence-corrected chi connectivity index (χ0v) is 19.5. The molecule has 13 nitrogen and oxygen atoms in total. The zero-order chi connectivity index (χ0) is 25.3. The third kappa shape index (κ3) is 7.81. The molecule has 2 rings (SSSR count). The van der Waals surface area contributed by atoms with Crippen LogP contribution in [-0.4, -0.2) is 141 Å². The van der Waals surface area contributed by atoms with Crippen LogP contribution in [0.2, 0.25) is 0 Å². The van der Waals surface area contributed by atoms with Crippen molar-refractivity contribution in [2.24, 2.45) is 0 Å². The minimum atomic E-state index is -1.71. The number of carbonyl (C=O) groups is 1. The maximum Gasteiger partial charge on any atom is 0.243 e. The molecular weight excluding hydrogens is 476 g/mol. The number of hydrogen-bond donors (Lipinski definition) is 9. The van der Waals surface area contributed by atoms with Crippen LogP contribution in [0.3, 0.4) is 0 Å². The van der Waals surface area contributed by atoms with E-state index in [9.17, 15) is 40.5 Å². The fourth-order valence-corrected chi connectivity index (χ4v) is 4.40. The van der Waals surface area contributed by atoms with Gasteiger partial charge in [-0.3, -0.25) is 10.1 Å². The smallest absolute Gasteiger partial charge is 0.243 e. The molecule has 2 heterocycles. The molecule has 4 unspecified atom stereocenters. The van der Waals surface area contributed by atoms with Gasteiger partial charge in [-0.05, 0) is 24.8 Å². The Morgan fingerprint density at radius 2 is 1.62 bits per heavy atom. The average molecular weight is 513 g/mol. The van der Waals surface area contributed by atoms with Gasteiger partial charge in [-0.2, -0.15) is 11.8 Å². The summed E-state index contributed by atoms with van der Waals surface area (Å²) in [4.78, 5) is 11.1. The summed E-state index contributed by atoms with van der Waals surface area (Å²) < 4.78 is 16.4. The van der Waals surface area contributed by atoms with E-state index in [0.717, 1.165) is 11.5 Å². The van der Waals surface area contributed by atoms with Gasteiger partial charge in [0.25, 0.3) is 0 Å². The van der Waals surface area contributed by atoms with Gasteiger partial charge >= 0.3 is 0 Å². The third-order valence-corrected chi connectivity index (χ3v) is 6.62. The van der Waals surface area contributed by atoms with Crippen LogP contribution in [0.1, 0.15) is 6.42 Å². The standard InChI is InChI=1S/C20H36N2O11S/c1-2-12(25)21-5-7-34-6-3-4-22-19-16(29)15(28)18(11(9-24)31-19)33-20-17(30)14(27)13(26)10(8-23)32-20/h2,10-11,13-20,22-24,26-30H,1,3-9H2,(H,21,25)/t10?,11-,13+,14-,15?,16?,17?,18+,19+,20-/m0/s1. The lowest BCUT2D eigenvalue weighted by Gasteiger charge is -2.46. The number of aliphatic hydroxyl groups is 7. The first-order valence-corrected chi connectivity index (χ1v) is 12.2. The van der Waals surface area contributed by atoms with Gasteiger partial charge < -0.3 is 55.3 Å². The van der Waals surface area contributed by atoms with Crippen LogP contribution in [0.25, 0.3) is 0 Å². The van der Waals surface area contributed by atoms with Crippen LogP contribution in [-0.2, 0) is 19.0 Å². The highest BCUT2D eigenvalue weighted by Crippen LogP contribution is 2.28. The average Bonchev–Trinajstić information content (AvgIpc) is 2.84. The number of aliphatic hydroxyl groups excluding tert-OH is 7. The first kappa shape index (κ1) is 29.4. The second kappa shape index (κ2) is 14.6. The van der Waals surface area contributed by atoms with Crippen LogP contribution >= 0.6 is 11.8 Å². The van der Waals surface area contributed by atoms with E-state index in [1.165, 1.54) is 6.08 Å². The van der Waals surface area contributed by atoms with Crippen molar-refractivity contribution in [2.45, 2.75) is 67.8 Å². The second-order valence-electron chi connectivity index (χ2n) is 7.97. The molecule has 1 amide bonds. The van der Waals surface area contributed by atoms with Gasteiger partial charge in [0.1, 0.15) is 55.1 Å². The van der Waals surface area contributed by atoms with E-state index < -0.39 is 74.6 Å². The summed E-state index contributed by atoms with van der Waals surface area (Å²) in [6, 6.07) is 0. The van der Waals surface area contributed by atoms with E-state index in [0.29, 0.717) is 19.5 Å². The predicted molar refractivity (Wildman–Crippen MR) is 120 cm³/mol. The Labute approximate surface area is 201 Å². The number of carbonyl (C=O) groups excluding carboxylic acids is 1. The van der Waals surface area contributed by atoms with Gasteiger partial charge in [-0.1, -0.05) is 6.58 Å². The molecule has 2 aliphatic heterocycles. The van der Waals surface area contributed by atoms with Crippen molar-refractivity contribution >= 4 is 17.7 Å². The van der Waals surface area contributed by atoms with Gasteiger partial charge in [0.15, 0.2) is 6.29 Å². The highest BCUT2D eigenvalue weighted by Gasteiger charge is 2.50. The maximum absolute atomic E-state index is 11.1. The van der Waals surface area contributed by atoms with Crippen molar-refractivity contribution in [3.05, 3.63) is 12.7 Å². The van der Waals surface area contributed by atoms with Crippen LogP contribution in [0.15, 0.2) is 12.7 Å². The molecule has 0 saturated carbocycles. The largest absolute Gasteiger partial charge is 0.394 e. The fraction of sp³-hybridized carbons (Fsp3) is 0.850. The normalized spacial score (nSPS) is 38.4. The Bertz CT molecular complexity index is 629. The quantitative estimate of drug-likeness (QED) is 0.0844. The molecular formula is C20H36N2O11S. The Morgan fingerprint density at radius 3 is 2.26 bits per heavy atom. The lowest BCUT2D eigenvalue weighted by Crippen LogP contribution is -2.66. The Morgan fingerprint density at radius 1 is 0.912 bits per heavy atom. The lowest BCUT2D eigenvalue weighted by molar-refractivity contribution is -0.343. The van der Waals surface area contributed by atoms with E-state index in [2.05, 4.69) is 17.2 Å². The number of rotatable bonds is 13. The zero-order valence-electron chi connectivity index (χ0n) is 18.7. The highest BCUT2D eigenvalue weighted by molar-refractivity contribution is 7.99. The van der Waals surface area contributed by atoms with E-state index in [-0.39, 0.29) is 5.91 Å². The van der Waals surface area contributed by atoms with Crippen molar-refractivity contribution in [3.8, 4) is 0 Å². The minimum Gasteiger partial charge on any atom is -0.394 e. The van der Waals surface area contributed by atoms with Crippen LogP contribution < -0.4 is 10.6 Å². The van der Waals surface area contributed by atoms with Crippen molar-refractivity contribution in [2.75, 3.05) is 37.8 Å². The molecule has 2 aliphatic rings. The molecule has 10 atom stereocenters. The summed E-state index contributed by atoms with van der Waals surface area (Å²) >= 11 is 1.63. The molecule has 9 N–H and O–H groups in total. The fourth-order valence-electron chi connectivity index (χ4n) is 3.60. The molecule has 198 valence electrons. The third-order valence-electron chi connectivity index (χ3n) is 5.55. The highest BCUT2D eigenvalue weighted by atomic mass is 32.2. The second-order valence-corrected chi connectivity index (χ2v) is 9.20. The molecule has 0 aromatic heterocycles. The SMILES string of the molecule is C=CC(=O)NCCSCCCN[C@@H]1O[C@@H](CO)[C@@H](O[C@@H]2OC(CO)[C@@H](O)[C@H](O)C2O)C(O)C1O. The van der Waals surface area contributed by atoms with Gasteiger partial charge in [0.2, 0.25) is 5.91 Å². The van der Waals surface area contributed by atoms with E-state index in [1.54, 1.807) is 11.8 Å². The molecule has 0 aromatic rings. The van der Waals surface area contributed by atoms with Gasteiger partial charge in [0, 0.05) is 12.3 Å². The first-order chi connectivity index (χ1) is 16.2. The topological polar surface area (TPSA) is 210 Å².